The standard InChI is InChI=1S/C18H20N2O3S2/c1-25(22,23)15-7-2-4-12(10-15)17(21)16-11-19-18(24-16)20-13-5-3-6-14(20)9-8-13/h2,4,7,10-11,13-14H,3,5-6,8-9H2,1H3. The van der Waals surface area contributed by atoms with Crippen LogP contribution in [0.5, 0.6) is 0 Å². The molecule has 3 heterocycles. The van der Waals surface area contributed by atoms with E-state index >= 15 is 0 Å². The Balaban J connectivity index is 1.61. The van der Waals surface area contributed by atoms with Crippen LogP contribution in [-0.4, -0.2) is 37.5 Å². The third-order valence-corrected chi connectivity index (χ3v) is 7.28. The molecule has 7 heteroatoms. The highest BCUT2D eigenvalue weighted by Gasteiger charge is 2.38. The maximum Gasteiger partial charge on any atom is 0.204 e. The number of rotatable bonds is 4. The Labute approximate surface area is 151 Å². The van der Waals surface area contributed by atoms with Gasteiger partial charge in [-0.15, -0.1) is 0 Å². The fraction of sp³-hybridized carbons (Fsp3) is 0.444. The summed E-state index contributed by atoms with van der Waals surface area (Å²) in [4.78, 5) is 20.4. The monoisotopic (exact) mass is 376 g/mol. The Hall–Kier alpha value is -1.73. The third-order valence-electron chi connectivity index (χ3n) is 5.16. The van der Waals surface area contributed by atoms with Crippen molar-refractivity contribution in [1.82, 2.24) is 4.98 Å². The third kappa shape index (κ3) is 3.11. The van der Waals surface area contributed by atoms with Crippen LogP contribution in [0.1, 0.15) is 47.3 Å². The van der Waals surface area contributed by atoms with E-state index in [1.165, 1.54) is 55.6 Å². The van der Waals surface area contributed by atoms with Gasteiger partial charge in [-0.2, -0.15) is 0 Å². The van der Waals surface area contributed by atoms with Crippen molar-refractivity contribution in [1.29, 1.82) is 0 Å². The number of thiazole rings is 1. The molecule has 2 unspecified atom stereocenters. The van der Waals surface area contributed by atoms with Crippen molar-refractivity contribution in [2.24, 2.45) is 0 Å². The number of carbonyl (C=O) groups is 1. The van der Waals surface area contributed by atoms with Gasteiger partial charge in [0, 0.05) is 23.9 Å². The van der Waals surface area contributed by atoms with Gasteiger partial charge in [-0.05, 0) is 44.2 Å². The summed E-state index contributed by atoms with van der Waals surface area (Å²) in [6.07, 6.45) is 8.89. The molecule has 2 atom stereocenters. The molecule has 25 heavy (non-hydrogen) atoms. The molecule has 132 valence electrons. The van der Waals surface area contributed by atoms with Crippen LogP contribution in [0.3, 0.4) is 0 Å². The van der Waals surface area contributed by atoms with Crippen LogP contribution in [0.2, 0.25) is 0 Å². The normalized spacial score (nSPS) is 23.0. The zero-order chi connectivity index (χ0) is 17.6. The van der Waals surface area contributed by atoms with Crippen molar-refractivity contribution in [3.05, 3.63) is 40.9 Å². The van der Waals surface area contributed by atoms with E-state index in [1.54, 1.807) is 18.3 Å². The molecule has 0 amide bonds. The molecule has 4 rings (SSSR count). The fourth-order valence-corrected chi connectivity index (χ4v) is 5.62. The van der Waals surface area contributed by atoms with Crippen LogP contribution in [0, 0.1) is 0 Å². The van der Waals surface area contributed by atoms with Crippen molar-refractivity contribution in [3.8, 4) is 0 Å². The van der Waals surface area contributed by atoms with Crippen molar-refractivity contribution in [2.75, 3.05) is 11.2 Å². The minimum atomic E-state index is -3.33. The summed E-state index contributed by atoms with van der Waals surface area (Å²) < 4.78 is 23.4. The maximum atomic E-state index is 12.8. The van der Waals surface area contributed by atoms with E-state index in [1.807, 2.05) is 0 Å². The predicted molar refractivity (Wildman–Crippen MR) is 98.2 cm³/mol. The molecule has 1 aromatic heterocycles. The first-order valence-corrected chi connectivity index (χ1v) is 11.2. The number of anilines is 1. The van der Waals surface area contributed by atoms with Gasteiger partial charge in [-0.25, -0.2) is 13.4 Å². The molecule has 2 aliphatic rings. The highest BCUT2D eigenvalue weighted by molar-refractivity contribution is 7.90. The summed E-state index contributed by atoms with van der Waals surface area (Å²) in [6.45, 7) is 0. The second kappa shape index (κ2) is 6.21. The van der Waals surface area contributed by atoms with Crippen molar-refractivity contribution >= 4 is 32.1 Å². The van der Waals surface area contributed by atoms with Gasteiger partial charge < -0.3 is 4.90 Å². The molecule has 2 saturated heterocycles. The second-order valence-corrected chi connectivity index (χ2v) is 9.88. The largest absolute Gasteiger partial charge is 0.342 e. The summed E-state index contributed by atoms with van der Waals surface area (Å²) >= 11 is 1.42. The van der Waals surface area contributed by atoms with Crippen LogP contribution in [0.4, 0.5) is 5.13 Å². The molecule has 2 bridgehead atoms. The van der Waals surface area contributed by atoms with Gasteiger partial charge in [0.15, 0.2) is 15.0 Å². The van der Waals surface area contributed by atoms with Crippen LogP contribution >= 0.6 is 11.3 Å². The predicted octanol–water partition coefficient (Wildman–Crippen LogP) is 3.30. The lowest BCUT2D eigenvalue weighted by atomic mass is 10.0. The molecular formula is C18H20N2O3S2. The maximum absolute atomic E-state index is 12.8. The zero-order valence-corrected chi connectivity index (χ0v) is 15.6. The number of benzene rings is 1. The summed E-state index contributed by atoms with van der Waals surface area (Å²) in [5.41, 5.74) is 0.389. The molecule has 0 spiro atoms. The van der Waals surface area contributed by atoms with Gasteiger partial charge in [0.1, 0.15) is 0 Å². The average Bonchev–Trinajstić information content (AvgIpc) is 3.15. The molecule has 2 fully saturated rings. The highest BCUT2D eigenvalue weighted by Crippen LogP contribution is 2.40. The van der Waals surface area contributed by atoms with E-state index < -0.39 is 9.84 Å². The molecule has 2 aromatic rings. The van der Waals surface area contributed by atoms with Crippen LogP contribution < -0.4 is 4.90 Å². The fourth-order valence-electron chi connectivity index (χ4n) is 3.93. The summed E-state index contributed by atoms with van der Waals surface area (Å²) in [5, 5.41) is 0.926. The van der Waals surface area contributed by atoms with Gasteiger partial charge in [0.25, 0.3) is 0 Å². The van der Waals surface area contributed by atoms with Crippen molar-refractivity contribution in [3.63, 3.8) is 0 Å². The van der Waals surface area contributed by atoms with Gasteiger partial charge in [-0.3, -0.25) is 4.79 Å². The summed E-state index contributed by atoms with van der Waals surface area (Å²) in [6, 6.07) is 7.33. The van der Waals surface area contributed by atoms with Crippen LogP contribution in [0.15, 0.2) is 35.4 Å². The molecule has 0 saturated carbocycles. The topological polar surface area (TPSA) is 67.3 Å². The lowest BCUT2D eigenvalue weighted by Crippen LogP contribution is -2.39. The van der Waals surface area contributed by atoms with Gasteiger partial charge >= 0.3 is 0 Å². The molecule has 0 N–H and O–H groups in total. The van der Waals surface area contributed by atoms with E-state index in [-0.39, 0.29) is 10.7 Å². The number of piperidine rings is 1. The zero-order valence-electron chi connectivity index (χ0n) is 14.0. The van der Waals surface area contributed by atoms with Crippen LogP contribution in [0.25, 0.3) is 0 Å². The van der Waals surface area contributed by atoms with E-state index in [9.17, 15) is 13.2 Å². The Morgan fingerprint density at radius 2 is 1.92 bits per heavy atom. The average molecular weight is 377 g/mol. The van der Waals surface area contributed by atoms with Crippen LogP contribution in [-0.2, 0) is 9.84 Å². The first-order valence-electron chi connectivity index (χ1n) is 8.52. The SMILES string of the molecule is CS(=O)(=O)c1cccc(C(=O)c2cnc(N3C4CCCC3CC4)s2)c1. The smallest absolute Gasteiger partial charge is 0.204 e. The van der Waals surface area contributed by atoms with E-state index in [4.69, 9.17) is 0 Å². The number of nitrogens with zero attached hydrogens (tertiary/aromatic N) is 2. The first-order chi connectivity index (χ1) is 11.9. The van der Waals surface area contributed by atoms with Crippen molar-refractivity contribution < 1.29 is 13.2 Å². The first kappa shape index (κ1) is 16.7. The molecule has 1 aromatic carbocycles. The Bertz CT molecular complexity index is 904. The Morgan fingerprint density at radius 1 is 1.20 bits per heavy atom. The lowest BCUT2D eigenvalue weighted by molar-refractivity contribution is 0.104. The molecule has 0 radical (unpaired) electrons. The highest BCUT2D eigenvalue weighted by atomic mass is 32.2. The van der Waals surface area contributed by atoms with Gasteiger partial charge in [0.05, 0.1) is 16.0 Å². The minimum Gasteiger partial charge on any atom is -0.342 e. The van der Waals surface area contributed by atoms with Crippen molar-refractivity contribution in [2.45, 2.75) is 49.1 Å². The second-order valence-electron chi connectivity index (χ2n) is 6.86. The minimum absolute atomic E-state index is 0.164. The Kier molecular flexibility index (Phi) is 4.16. The van der Waals surface area contributed by atoms with Gasteiger partial charge in [-0.1, -0.05) is 23.5 Å². The number of fused-ring (bicyclic) bond motifs is 2. The Morgan fingerprint density at radius 3 is 2.60 bits per heavy atom. The summed E-state index contributed by atoms with van der Waals surface area (Å²) in [5.74, 6) is -0.168. The van der Waals surface area contributed by atoms with E-state index in [2.05, 4.69) is 9.88 Å². The number of hydrogen-bond donors (Lipinski definition) is 0. The number of aromatic nitrogens is 1. The molecule has 0 aliphatic carbocycles. The number of carbonyl (C=O) groups excluding carboxylic acids is 1. The summed E-state index contributed by atoms with van der Waals surface area (Å²) in [7, 11) is -3.33. The number of sulfone groups is 1. The molecular weight excluding hydrogens is 356 g/mol. The van der Waals surface area contributed by atoms with E-state index in [0.29, 0.717) is 22.5 Å². The quantitative estimate of drug-likeness (QED) is 0.766. The van der Waals surface area contributed by atoms with E-state index in [0.717, 1.165) is 11.4 Å². The molecule has 5 nitrogen and oxygen atoms in total. The molecule has 2 aliphatic heterocycles. The number of hydrogen-bond acceptors (Lipinski definition) is 6. The lowest BCUT2D eigenvalue weighted by Gasteiger charge is -2.34. The van der Waals surface area contributed by atoms with Gasteiger partial charge in [0.2, 0.25) is 5.78 Å². The number of ketones is 1.